The average Bonchev–Trinajstić information content (AvgIpc) is 2.52. The minimum atomic E-state index is -0.232. The fourth-order valence-electron chi connectivity index (χ4n) is 1.12. The zero-order chi connectivity index (χ0) is 9.26. The molecule has 2 rings (SSSR count). The van der Waals surface area contributed by atoms with Crippen LogP contribution in [0.1, 0.15) is 0 Å². The first-order valence-corrected chi connectivity index (χ1v) is 4.80. The highest BCUT2D eigenvalue weighted by Gasteiger charge is 2.08. The number of rotatable bonds is 1. The summed E-state index contributed by atoms with van der Waals surface area (Å²) in [6.45, 7) is 0. The number of halogens is 2. The van der Waals surface area contributed by atoms with E-state index in [-0.39, 0.29) is 5.82 Å². The fraction of sp³-hybridized carbons (Fsp3) is 0. The molecule has 0 unspecified atom stereocenters. The molecule has 1 heterocycles. The summed E-state index contributed by atoms with van der Waals surface area (Å²) in [4.78, 5) is 0. The SMILES string of the molecule is Fc1ccccc1-c1[nH]ncc1I. The Labute approximate surface area is 88.3 Å². The van der Waals surface area contributed by atoms with E-state index < -0.39 is 0 Å². The number of nitrogens with one attached hydrogen (secondary N) is 1. The van der Waals surface area contributed by atoms with Gasteiger partial charge in [-0.25, -0.2) is 4.39 Å². The van der Waals surface area contributed by atoms with Gasteiger partial charge in [-0.3, -0.25) is 5.10 Å². The van der Waals surface area contributed by atoms with E-state index in [0.29, 0.717) is 5.56 Å². The molecule has 0 atom stereocenters. The van der Waals surface area contributed by atoms with Gasteiger partial charge in [-0.1, -0.05) is 12.1 Å². The van der Waals surface area contributed by atoms with Crippen molar-refractivity contribution in [2.45, 2.75) is 0 Å². The predicted molar refractivity (Wildman–Crippen MR) is 56.7 cm³/mol. The van der Waals surface area contributed by atoms with Crippen molar-refractivity contribution < 1.29 is 4.39 Å². The minimum absolute atomic E-state index is 0.232. The second kappa shape index (κ2) is 3.45. The van der Waals surface area contributed by atoms with Gasteiger partial charge in [0.25, 0.3) is 0 Å². The molecular formula is C9H6FIN2. The van der Waals surface area contributed by atoms with Crippen LogP contribution < -0.4 is 0 Å². The van der Waals surface area contributed by atoms with Crippen LogP contribution in [0.5, 0.6) is 0 Å². The molecule has 13 heavy (non-hydrogen) atoms. The zero-order valence-corrected chi connectivity index (χ0v) is 8.75. The van der Waals surface area contributed by atoms with Gasteiger partial charge in [0.05, 0.1) is 15.5 Å². The number of nitrogens with zero attached hydrogens (tertiary/aromatic N) is 1. The Morgan fingerprint density at radius 3 is 2.69 bits per heavy atom. The van der Waals surface area contributed by atoms with Gasteiger partial charge < -0.3 is 0 Å². The Kier molecular flexibility index (Phi) is 2.30. The topological polar surface area (TPSA) is 28.7 Å². The van der Waals surface area contributed by atoms with Crippen molar-refractivity contribution in [3.63, 3.8) is 0 Å². The first kappa shape index (κ1) is 8.68. The van der Waals surface area contributed by atoms with Crippen molar-refractivity contribution in [3.05, 3.63) is 39.8 Å². The van der Waals surface area contributed by atoms with Gasteiger partial charge in [0.15, 0.2) is 0 Å². The van der Waals surface area contributed by atoms with Crippen molar-refractivity contribution in [3.8, 4) is 11.3 Å². The van der Waals surface area contributed by atoms with E-state index in [2.05, 4.69) is 32.8 Å². The van der Waals surface area contributed by atoms with Gasteiger partial charge in [0, 0.05) is 5.56 Å². The number of hydrogen-bond donors (Lipinski definition) is 1. The lowest BCUT2D eigenvalue weighted by atomic mass is 10.1. The van der Waals surface area contributed by atoms with Gasteiger partial charge in [-0.05, 0) is 34.7 Å². The van der Waals surface area contributed by atoms with Gasteiger partial charge in [0.1, 0.15) is 5.82 Å². The highest BCUT2D eigenvalue weighted by molar-refractivity contribution is 14.1. The van der Waals surface area contributed by atoms with Crippen LogP contribution in [0.3, 0.4) is 0 Å². The van der Waals surface area contributed by atoms with Gasteiger partial charge >= 0.3 is 0 Å². The van der Waals surface area contributed by atoms with Crippen LogP contribution in [0.2, 0.25) is 0 Å². The van der Waals surface area contributed by atoms with E-state index in [4.69, 9.17) is 0 Å². The first-order valence-electron chi connectivity index (χ1n) is 3.73. The molecule has 0 saturated carbocycles. The van der Waals surface area contributed by atoms with Crippen molar-refractivity contribution in [1.82, 2.24) is 10.2 Å². The Morgan fingerprint density at radius 2 is 2.08 bits per heavy atom. The molecular weight excluding hydrogens is 282 g/mol. The second-order valence-electron chi connectivity index (χ2n) is 2.57. The Balaban J connectivity index is 2.59. The number of aromatic nitrogens is 2. The molecule has 0 saturated heterocycles. The lowest BCUT2D eigenvalue weighted by Gasteiger charge is -1.99. The van der Waals surface area contributed by atoms with Crippen LogP contribution in [0.15, 0.2) is 30.5 Å². The molecule has 0 spiro atoms. The molecule has 0 aliphatic rings. The molecule has 0 bridgehead atoms. The number of H-pyrrole nitrogens is 1. The zero-order valence-electron chi connectivity index (χ0n) is 6.59. The third-order valence-corrected chi connectivity index (χ3v) is 2.55. The molecule has 4 heteroatoms. The van der Waals surface area contributed by atoms with Gasteiger partial charge in [-0.2, -0.15) is 5.10 Å². The summed E-state index contributed by atoms with van der Waals surface area (Å²) < 4.78 is 14.2. The van der Waals surface area contributed by atoms with Crippen LogP contribution in [0.25, 0.3) is 11.3 Å². The summed E-state index contributed by atoms with van der Waals surface area (Å²) in [5.41, 5.74) is 1.29. The first-order chi connectivity index (χ1) is 6.29. The monoisotopic (exact) mass is 288 g/mol. The average molecular weight is 288 g/mol. The Morgan fingerprint density at radius 1 is 1.31 bits per heavy atom. The van der Waals surface area contributed by atoms with E-state index in [1.165, 1.54) is 6.07 Å². The summed E-state index contributed by atoms with van der Waals surface area (Å²) in [5, 5.41) is 6.61. The van der Waals surface area contributed by atoms with E-state index >= 15 is 0 Å². The van der Waals surface area contributed by atoms with E-state index in [1.807, 2.05) is 0 Å². The van der Waals surface area contributed by atoms with Crippen LogP contribution in [0.4, 0.5) is 4.39 Å². The summed E-state index contributed by atoms with van der Waals surface area (Å²) in [5.74, 6) is -0.232. The third kappa shape index (κ3) is 1.58. The quantitative estimate of drug-likeness (QED) is 0.803. The minimum Gasteiger partial charge on any atom is -0.277 e. The van der Waals surface area contributed by atoms with E-state index in [1.54, 1.807) is 24.4 Å². The summed E-state index contributed by atoms with van der Waals surface area (Å²) >= 11 is 2.12. The lowest BCUT2D eigenvalue weighted by molar-refractivity contribution is 0.630. The summed E-state index contributed by atoms with van der Waals surface area (Å²) in [7, 11) is 0. The molecule has 0 amide bonds. The van der Waals surface area contributed by atoms with Crippen LogP contribution in [-0.2, 0) is 0 Å². The van der Waals surface area contributed by atoms with Crippen molar-refractivity contribution in [2.24, 2.45) is 0 Å². The second-order valence-corrected chi connectivity index (χ2v) is 3.73. The Hall–Kier alpha value is -0.910. The summed E-state index contributed by atoms with van der Waals surface area (Å²) in [6.07, 6.45) is 1.67. The highest BCUT2D eigenvalue weighted by atomic mass is 127. The van der Waals surface area contributed by atoms with Crippen molar-refractivity contribution in [1.29, 1.82) is 0 Å². The van der Waals surface area contributed by atoms with Crippen molar-refractivity contribution >= 4 is 22.6 Å². The smallest absolute Gasteiger partial charge is 0.132 e. The number of hydrogen-bond acceptors (Lipinski definition) is 1. The van der Waals surface area contributed by atoms with Crippen LogP contribution in [0, 0.1) is 9.39 Å². The Bertz CT molecular complexity index is 425. The molecule has 1 N–H and O–H groups in total. The lowest BCUT2D eigenvalue weighted by Crippen LogP contribution is -1.85. The molecule has 2 nitrogen and oxygen atoms in total. The normalized spacial score (nSPS) is 10.3. The molecule has 66 valence electrons. The standard InChI is InChI=1S/C9H6FIN2/c10-7-4-2-1-3-6(7)9-8(11)5-12-13-9/h1-5H,(H,12,13). The fourth-order valence-corrected chi connectivity index (χ4v) is 1.67. The van der Waals surface area contributed by atoms with Gasteiger partial charge in [-0.15, -0.1) is 0 Å². The molecule has 0 aliphatic carbocycles. The molecule has 0 radical (unpaired) electrons. The third-order valence-electron chi connectivity index (χ3n) is 1.74. The predicted octanol–water partition coefficient (Wildman–Crippen LogP) is 2.82. The molecule has 1 aromatic carbocycles. The summed E-state index contributed by atoms with van der Waals surface area (Å²) in [6, 6.07) is 6.63. The maximum atomic E-state index is 13.3. The molecule has 0 fully saturated rings. The molecule has 1 aromatic heterocycles. The maximum Gasteiger partial charge on any atom is 0.132 e. The van der Waals surface area contributed by atoms with Crippen LogP contribution in [-0.4, -0.2) is 10.2 Å². The highest BCUT2D eigenvalue weighted by Crippen LogP contribution is 2.24. The van der Waals surface area contributed by atoms with Gasteiger partial charge in [0.2, 0.25) is 0 Å². The van der Waals surface area contributed by atoms with E-state index in [9.17, 15) is 4.39 Å². The largest absolute Gasteiger partial charge is 0.277 e. The van der Waals surface area contributed by atoms with E-state index in [0.717, 1.165) is 9.26 Å². The molecule has 2 aromatic rings. The molecule has 0 aliphatic heterocycles. The van der Waals surface area contributed by atoms with Crippen molar-refractivity contribution in [2.75, 3.05) is 0 Å². The number of benzene rings is 1. The maximum absolute atomic E-state index is 13.3. The van der Waals surface area contributed by atoms with Crippen LogP contribution >= 0.6 is 22.6 Å². The number of aromatic amines is 1.